The minimum atomic E-state index is -0.131. The zero-order chi connectivity index (χ0) is 17.4. The average molecular weight is 336 g/mol. The molecule has 24 heavy (non-hydrogen) atoms. The predicted octanol–water partition coefficient (Wildman–Crippen LogP) is 2.66. The van der Waals surface area contributed by atoms with Crippen molar-refractivity contribution in [1.82, 2.24) is 10.2 Å². The number of piperidine rings is 1. The van der Waals surface area contributed by atoms with Gasteiger partial charge in [-0.2, -0.15) is 0 Å². The molecule has 0 bridgehead atoms. The van der Waals surface area contributed by atoms with Crippen LogP contribution in [0.1, 0.15) is 58.8 Å². The highest BCUT2D eigenvalue weighted by Gasteiger charge is 2.30. The fraction of sp³-hybridized carbons (Fsp3) is 0.789. The van der Waals surface area contributed by atoms with Crippen LogP contribution in [-0.4, -0.2) is 49.1 Å². The van der Waals surface area contributed by atoms with Gasteiger partial charge in [-0.15, -0.1) is 0 Å². The summed E-state index contributed by atoms with van der Waals surface area (Å²) in [5.74, 6) is 0.00528. The maximum Gasteiger partial charge on any atom is 0.309 e. The molecule has 0 saturated carbocycles. The molecular formula is C19H32N2O3. The molecule has 1 saturated heterocycles. The standard InChI is InChI=1S/C19H32N2O3/c1-3-24-19(23)17-10-13-21(14-11-17)15(2)18(22)20-12-9-16-7-5-4-6-8-16/h7,15,17H,3-6,8-14H2,1-2H3,(H,20,22). The molecule has 2 aliphatic rings. The van der Waals surface area contributed by atoms with Crippen LogP contribution in [0.3, 0.4) is 0 Å². The Hall–Kier alpha value is -1.36. The number of amides is 1. The Labute approximate surface area is 145 Å². The molecular weight excluding hydrogens is 304 g/mol. The number of hydrogen-bond donors (Lipinski definition) is 1. The SMILES string of the molecule is CCOC(=O)C1CCN(C(C)C(=O)NCCC2=CCCCC2)CC1. The number of nitrogens with one attached hydrogen (secondary N) is 1. The Morgan fingerprint density at radius 3 is 2.71 bits per heavy atom. The van der Waals surface area contributed by atoms with Crippen molar-refractivity contribution in [1.29, 1.82) is 0 Å². The molecule has 0 spiro atoms. The lowest BCUT2D eigenvalue weighted by atomic mass is 9.96. The zero-order valence-electron chi connectivity index (χ0n) is 15.2. The van der Waals surface area contributed by atoms with Gasteiger partial charge in [-0.05, 0) is 71.9 Å². The smallest absolute Gasteiger partial charge is 0.309 e. The maximum atomic E-state index is 12.3. The van der Waals surface area contributed by atoms with E-state index in [-0.39, 0.29) is 23.8 Å². The first-order valence-electron chi connectivity index (χ1n) is 9.48. The number of likely N-dealkylation sites (tertiary alicyclic amines) is 1. The van der Waals surface area contributed by atoms with Crippen molar-refractivity contribution in [3.8, 4) is 0 Å². The summed E-state index contributed by atoms with van der Waals surface area (Å²) < 4.78 is 5.09. The number of esters is 1. The van der Waals surface area contributed by atoms with Crippen molar-refractivity contribution in [3.63, 3.8) is 0 Å². The zero-order valence-corrected chi connectivity index (χ0v) is 15.2. The molecule has 1 fully saturated rings. The number of carbonyl (C=O) groups excluding carboxylic acids is 2. The van der Waals surface area contributed by atoms with Gasteiger partial charge in [0.05, 0.1) is 18.6 Å². The van der Waals surface area contributed by atoms with E-state index in [1.165, 1.54) is 31.3 Å². The van der Waals surface area contributed by atoms with Crippen molar-refractivity contribution in [2.75, 3.05) is 26.2 Å². The van der Waals surface area contributed by atoms with Crippen LogP contribution in [0, 0.1) is 5.92 Å². The van der Waals surface area contributed by atoms with Crippen LogP contribution >= 0.6 is 0 Å². The Bertz CT molecular complexity index is 454. The van der Waals surface area contributed by atoms with Gasteiger partial charge < -0.3 is 10.1 Å². The minimum Gasteiger partial charge on any atom is -0.466 e. The first-order valence-corrected chi connectivity index (χ1v) is 9.48. The summed E-state index contributed by atoms with van der Waals surface area (Å²) >= 11 is 0. The summed E-state index contributed by atoms with van der Waals surface area (Å²) in [6.07, 6.45) is 9.83. The quantitative estimate of drug-likeness (QED) is 0.573. The van der Waals surface area contributed by atoms with Gasteiger partial charge in [0.25, 0.3) is 0 Å². The van der Waals surface area contributed by atoms with E-state index in [1.807, 2.05) is 13.8 Å². The highest BCUT2D eigenvalue weighted by Crippen LogP contribution is 2.21. The van der Waals surface area contributed by atoms with Crippen LogP contribution in [0.2, 0.25) is 0 Å². The molecule has 5 nitrogen and oxygen atoms in total. The third-order valence-electron chi connectivity index (χ3n) is 5.21. The molecule has 1 N–H and O–H groups in total. The van der Waals surface area contributed by atoms with Crippen LogP contribution in [0.25, 0.3) is 0 Å². The molecule has 1 unspecified atom stereocenters. The molecule has 136 valence electrons. The second-order valence-electron chi connectivity index (χ2n) is 6.89. The maximum absolute atomic E-state index is 12.3. The molecule has 0 radical (unpaired) electrons. The van der Waals surface area contributed by atoms with Gasteiger partial charge in [0.2, 0.25) is 5.91 Å². The predicted molar refractivity (Wildman–Crippen MR) is 94.6 cm³/mol. The molecule has 2 rings (SSSR count). The van der Waals surface area contributed by atoms with Crippen molar-refractivity contribution < 1.29 is 14.3 Å². The van der Waals surface area contributed by atoms with Gasteiger partial charge in [0, 0.05) is 6.54 Å². The first-order chi connectivity index (χ1) is 11.6. The van der Waals surface area contributed by atoms with E-state index in [4.69, 9.17) is 4.74 Å². The number of carbonyl (C=O) groups is 2. The van der Waals surface area contributed by atoms with E-state index in [1.54, 1.807) is 0 Å². The van der Waals surface area contributed by atoms with Gasteiger partial charge in [0.1, 0.15) is 0 Å². The first kappa shape index (κ1) is 19.0. The average Bonchev–Trinajstić information content (AvgIpc) is 2.62. The Kier molecular flexibility index (Phi) is 7.76. The minimum absolute atomic E-state index is 0.00491. The lowest BCUT2D eigenvalue weighted by Crippen LogP contribution is -2.49. The molecule has 0 aromatic heterocycles. The third kappa shape index (κ3) is 5.62. The summed E-state index contributed by atoms with van der Waals surface area (Å²) in [5, 5.41) is 3.07. The van der Waals surface area contributed by atoms with E-state index >= 15 is 0 Å². The summed E-state index contributed by atoms with van der Waals surface area (Å²) in [6.45, 7) is 6.53. The van der Waals surface area contributed by atoms with E-state index in [0.717, 1.165) is 38.9 Å². The van der Waals surface area contributed by atoms with Gasteiger partial charge in [-0.25, -0.2) is 0 Å². The normalized spacial score (nSPS) is 21.0. The highest BCUT2D eigenvalue weighted by molar-refractivity contribution is 5.81. The molecule has 1 amide bonds. The van der Waals surface area contributed by atoms with Gasteiger partial charge in [-0.1, -0.05) is 11.6 Å². The molecule has 0 aromatic rings. The summed E-state index contributed by atoms with van der Waals surface area (Å²) in [7, 11) is 0. The van der Waals surface area contributed by atoms with Crippen LogP contribution in [0.5, 0.6) is 0 Å². The molecule has 1 atom stereocenters. The third-order valence-corrected chi connectivity index (χ3v) is 5.21. The second-order valence-corrected chi connectivity index (χ2v) is 6.89. The van der Waals surface area contributed by atoms with Crippen LogP contribution in [0.4, 0.5) is 0 Å². The van der Waals surface area contributed by atoms with Gasteiger partial charge >= 0.3 is 5.97 Å². The number of rotatable bonds is 7. The van der Waals surface area contributed by atoms with Crippen LogP contribution in [0.15, 0.2) is 11.6 Å². The highest BCUT2D eigenvalue weighted by atomic mass is 16.5. The molecule has 1 heterocycles. The fourth-order valence-electron chi connectivity index (χ4n) is 3.57. The van der Waals surface area contributed by atoms with Crippen molar-refractivity contribution >= 4 is 11.9 Å². The number of nitrogens with zero attached hydrogens (tertiary/aromatic N) is 1. The number of ether oxygens (including phenoxy) is 1. The molecule has 1 aliphatic carbocycles. The largest absolute Gasteiger partial charge is 0.466 e. The van der Waals surface area contributed by atoms with Crippen molar-refractivity contribution in [3.05, 3.63) is 11.6 Å². The van der Waals surface area contributed by atoms with Crippen molar-refractivity contribution in [2.45, 2.75) is 64.8 Å². The summed E-state index contributed by atoms with van der Waals surface area (Å²) in [5.41, 5.74) is 1.49. The Morgan fingerprint density at radius 1 is 1.33 bits per heavy atom. The Balaban J connectivity index is 1.67. The van der Waals surface area contributed by atoms with E-state index in [0.29, 0.717) is 6.61 Å². The number of hydrogen-bond acceptors (Lipinski definition) is 4. The molecule has 5 heteroatoms. The van der Waals surface area contributed by atoms with Crippen LogP contribution in [-0.2, 0) is 14.3 Å². The van der Waals surface area contributed by atoms with Crippen LogP contribution < -0.4 is 5.32 Å². The van der Waals surface area contributed by atoms with Gasteiger partial charge in [0.15, 0.2) is 0 Å². The van der Waals surface area contributed by atoms with Crippen molar-refractivity contribution in [2.24, 2.45) is 5.92 Å². The van der Waals surface area contributed by atoms with E-state index < -0.39 is 0 Å². The lowest BCUT2D eigenvalue weighted by Gasteiger charge is -2.34. The number of allylic oxidation sites excluding steroid dienone is 1. The fourth-order valence-corrected chi connectivity index (χ4v) is 3.57. The summed E-state index contributed by atoms with van der Waals surface area (Å²) in [4.78, 5) is 26.3. The van der Waals surface area contributed by atoms with E-state index in [2.05, 4.69) is 16.3 Å². The molecule has 0 aromatic carbocycles. The topological polar surface area (TPSA) is 58.6 Å². The molecule has 1 aliphatic heterocycles. The lowest BCUT2D eigenvalue weighted by molar-refractivity contribution is -0.149. The monoisotopic (exact) mass is 336 g/mol. The second kappa shape index (κ2) is 9.82. The van der Waals surface area contributed by atoms with E-state index in [9.17, 15) is 9.59 Å². The summed E-state index contributed by atoms with van der Waals surface area (Å²) in [6, 6.07) is -0.131. The Morgan fingerprint density at radius 2 is 2.08 bits per heavy atom. The van der Waals surface area contributed by atoms with Gasteiger partial charge in [-0.3, -0.25) is 14.5 Å².